The summed E-state index contributed by atoms with van der Waals surface area (Å²) in [4.78, 5) is 31.3. The minimum Gasteiger partial charge on any atom is -0.267 e. The Bertz CT molecular complexity index is 934. The normalized spacial score (nSPS) is 11.0. The van der Waals surface area contributed by atoms with Crippen LogP contribution in [0.1, 0.15) is 27.8 Å². The van der Waals surface area contributed by atoms with Crippen molar-refractivity contribution in [2.75, 3.05) is 5.75 Å². The highest BCUT2D eigenvalue weighted by Gasteiger charge is 2.21. The molecule has 2 aromatic rings. The molecule has 0 saturated carbocycles. The van der Waals surface area contributed by atoms with E-state index < -0.39 is 26.8 Å². The second kappa shape index (κ2) is 7.77. The third-order valence-electron chi connectivity index (χ3n) is 2.97. The van der Waals surface area contributed by atoms with Crippen LogP contribution in [0.2, 0.25) is 10.0 Å². The highest BCUT2D eigenvalue weighted by molar-refractivity contribution is 7.91. The zero-order valence-corrected chi connectivity index (χ0v) is 15.1. The summed E-state index contributed by atoms with van der Waals surface area (Å²) < 4.78 is 23.6. The Kier molecular flexibility index (Phi) is 5.93. The average Bonchev–Trinajstić information content (AvgIpc) is 2.59. The molecule has 11 heteroatoms. The molecule has 1 heterocycles. The Balaban J connectivity index is 2.16. The summed E-state index contributed by atoms with van der Waals surface area (Å²) in [6.45, 7) is 1.41. The van der Waals surface area contributed by atoms with Crippen molar-refractivity contribution in [3.05, 3.63) is 51.8 Å². The van der Waals surface area contributed by atoms with E-state index in [9.17, 15) is 18.0 Å². The predicted molar refractivity (Wildman–Crippen MR) is 91.2 cm³/mol. The van der Waals surface area contributed by atoms with Gasteiger partial charge in [-0.1, -0.05) is 36.2 Å². The van der Waals surface area contributed by atoms with Gasteiger partial charge in [-0.15, -0.1) is 0 Å². The van der Waals surface area contributed by atoms with Gasteiger partial charge in [0.1, 0.15) is 0 Å². The molecule has 8 nitrogen and oxygen atoms in total. The summed E-state index contributed by atoms with van der Waals surface area (Å²) in [7, 11) is -3.71. The lowest BCUT2D eigenvalue weighted by atomic mass is 10.2. The first-order valence-electron chi connectivity index (χ1n) is 6.86. The number of halogens is 2. The van der Waals surface area contributed by atoms with E-state index in [0.29, 0.717) is 5.02 Å². The van der Waals surface area contributed by atoms with Crippen LogP contribution in [0.15, 0.2) is 35.6 Å². The first-order valence-corrected chi connectivity index (χ1v) is 9.27. The Labute approximate surface area is 153 Å². The molecular formula is C14H12Cl2N4O4S. The number of carbonyl (C=O) groups is 2. The quantitative estimate of drug-likeness (QED) is 0.592. The van der Waals surface area contributed by atoms with Gasteiger partial charge < -0.3 is 0 Å². The van der Waals surface area contributed by atoms with Crippen LogP contribution < -0.4 is 10.9 Å². The van der Waals surface area contributed by atoms with Gasteiger partial charge in [-0.25, -0.2) is 18.4 Å². The number of hydrogen-bond donors (Lipinski definition) is 2. The van der Waals surface area contributed by atoms with Gasteiger partial charge >= 0.3 is 0 Å². The molecule has 1 aromatic carbocycles. The van der Waals surface area contributed by atoms with Gasteiger partial charge in [-0.3, -0.25) is 20.4 Å². The monoisotopic (exact) mass is 402 g/mol. The lowest BCUT2D eigenvalue weighted by molar-refractivity contribution is 0.0843. The molecule has 2 rings (SSSR count). The molecule has 2 N–H and O–H groups in total. The number of benzene rings is 1. The summed E-state index contributed by atoms with van der Waals surface area (Å²) in [5.74, 6) is -1.75. The maximum Gasteiger partial charge on any atom is 0.290 e. The molecule has 0 aliphatic carbocycles. The molecule has 25 heavy (non-hydrogen) atoms. The van der Waals surface area contributed by atoms with Crippen LogP contribution in [0.5, 0.6) is 0 Å². The van der Waals surface area contributed by atoms with Crippen LogP contribution in [0, 0.1) is 0 Å². The molecule has 0 radical (unpaired) electrons. The van der Waals surface area contributed by atoms with Gasteiger partial charge in [0.25, 0.3) is 11.8 Å². The zero-order valence-electron chi connectivity index (χ0n) is 12.8. The smallest absolute Gasteiger partial charge is 0.267 e. The highest BCUT2D eigenvalue weighted by Crippen LogP contribution is 2.15. The van der Waals surface area contributed by atoms with E-state index in [0.717, 1.165) is 6.20 Å². The maximum atomic E-state index is 12.1. The molecule has 0 spiro atoms. The van der Waals surface area contributed by atoms with Crippen LogP contribution in [0.25, 0.3) is 0 Å². The Morgan fingerprint density at radius 2 is 1.84 bits per heavy atom. The molecule has 0 saturated heterocycles. The van der Waals surface area contributed by atoms with Crippen molar-refractivity contribution in [3.63, 3.8) is 0 Å². The molecule has 0 fully saturated rings. The number of hydrogen-bond acceptors (Lipinski definition) is 6. The predicted octanol–water partition coefficient (Wildman–Crippen LogP) is 1.65. The number of hydrazine groups is 1. The van der Waals surface area contributed by atoms with Crippen molar-refractivity contribution in [3.8, 4) is 0 Å². The highest BCUT2D eigenvalue weighted by atomic mass is 35.5. The summed E-state index contributed by atoms with van der Waals surface area (Å²) in [6, 6.07) is 6.07. The summed E-state index contributed by atoms with van der Waals surface area (Å²) >= 11 is 11.6. The van der Waals surface area contributed by atoms with Crippen LogP contribution >= 0.6 is 23.2 Å². The van der Waals surface area contributed by atoms with Crippen LogP contribution in [-0.4, -0.2) is 36.0 Å². The summed E-state index contributed by atoms with van der Waals surface area (Å²) in [5, 5.41) is -0.331. The van der Waals surface area contributed by atoms with Gasteiger partial charge in [0, 0.05) is 10.6 Å². The molecule has 0 aliphatic heterocycles. The first-order chi connectivity index (χ1) is 11.7. The first kappa shape index (κ1) is 19.1. The minimum atomic E-state index is -3.71. The number of sulfone groups is 1. The van der Waals surface area contributed by atoms with Crippen molar-refractivity contribution in [1.29, 1.82) is 0 Å². The maximum absolute atomic E-state index is 12.1. The second-order valence-electron chi connectivity index (χ2n) is 4.67. The number of aromatic nitrogens is 2. The molecule has 0 aliphatic rings. The van der Waals surface area contributed by atoms with Gasteiger partial charge in [0.05, 0.1) is 17.0 Å². The van der Waals surface area contributed by atoms with E-state index in [1.165, 1.54) is 19.1 Å². The Hall–Kier alpha value is -2.23. The molecule has 1 aromatic heterocycles. The zero-order chi connectivity index (χ0) is 18.6. The van der Waals surface area contributed by atoms with Crippen LogP contribution in [0.3, 0.4) is 0 Å². The summed E-state index contributed by atoms with van der Waals surface area (Å²) in [5.41, 5.74) is 4.10. The molecule has 0 bridgehead atoms. The lowest BCUT2D eigenvalue weighted by Crippen LogP contribution is -2.42. The van der Waals surface area contributed by atoms with Gasteiger partial charge in [0.2, 0.25) is 15.0 Å². The fraction of sp³-hybridized carbons (Fsp3) is 0.143. The van der Waals surface area contributed by atoms with Crippen LogP contribution in [-0.2, 0) is 9.84 Å². The Morgan fingerprint density at radius 3 is 2.48 bits per heavy atom. The number of nitrogens with one attached hydrogen (secondary N) is 2. The lowest BCUT2D eigenvalue weighted by Gasteiger charge is -2.09. The average molecular weight is 403 g/mol. The van der Waals surface area contributed by atoms with Crippen molar-refractivity contribution in [2.24, 2.45) is 0 Å². The van der Waals surface area contributed by atoms with E-state index in [-0.39, 0.29) is 22.0 Å². The SMILES string of the molecule is CCS(=O)(=O)c1ncc(Cl)c(C(=O)NNC(=O)c2cccc(Cl)c2)n1. The van der Waals surface area contributed by atoms with E-state index in [2.05, 4.69) is 20.8 Å². The standard InChI is InChI=1S/C14H12Cl2N4O4S/c1-2-25(23,24)14-17-7-10(16)11(18-14)13(22)20-19-12(21)8-4-3-5-9(15)6-8/h3-7H,2H2,1H3,(H,19,21)(H,20,22). The number of amides is 2. The number of nitrogens with zero attached hydrogens (tertiary/aromatic N) is 2. The van der Waals surface area contributed by atoms with Crippen molar-refractivity contribution in [1.82, 2.24) is 20.8 Å². The second-order valence-corrected chi connectivity index (χ2v) is 7.69. The fourth-order valence-electron chi connectivity index (χ4n) is 1.66. The van der Waals surface area contributed by atoms with E-state index >= 15 is 0 Å². The van der Waals surface area contributed by atoms with Crippen molar-refractivity contribution >= 4 is 44.9 Å². The van der Waals surface area contributed by atoms with Gasteiger partial charge in [0.15, 0.2) is 5.69 Å². The topological polar surface area (TPSA) is 118 Å². The van der Waals surface area contributed by atoms with Crippen molar-refractivity contribution < 1.29 is 18.0 Å². The Morgan fingerprint density at radius 1 is 1.16 bits per heavy atom. The van der Waals surface area contributed by atoms with Crippen molar-refractivity contribution in [2.45, 2.75) is 12.1 Å². The molecule has 132 valence electrons. The summed E-state index contributed by atoms with van der Waals surface area (Å²) in [6.07, 6.45) is 1.00. The van der Waals surface area contributed by atoms with E-state index in [1.54, 1.807) is 12.1 Å². The van der Waals surface area contributed by atoms with Crippen LogP contribution in [0.4, 0.5) is 0 Å². The third kappa shape index (κ3) is 4.65. The number of carbonyl (C=O) groups excluding carboxylic acids is 2. The third-order valence-corrected chi connectivity index (χ3v) is 5.00. The molecule has 2 amide bonds. The largest absolute Gasteiger partial charge is 0.290 e. The molecule has 0 atom stereocenters. The van der Waals surface area contributed by atoms with Gasteiger partial charge in [-0.05, 0) is 18.2 Å². The fourth-order valence-corrected chi connectivity index (χ4v) is 2.73. The van der Waals surface area contributed by atoms with E-state index in [4.69, 9.17) is 23.2 Å². The number of rotatable bonds is 4. The van der Waals surface area contributed by atoms with Gasteiger partial charge in [-0.2, -0.15) is 0 Å². The molecular weight excluding hydrogens is 391 g/mol. The van der Waals surface area contributed by atoms with E-state index in [1.807, 2.05) is 0 Å². The minimum absolute atomic E-state index is 0.162. The molecule has 0 unspecified atom stereocenters.